The first kappa shape index (κ1) is 16.5. The topological polar surface area (TPSA) is 83.7 Å². The van der Waals surface area contributed by atoms with E-state index in [1.165, 1.54) is 27.4 Å². The van der Waals surface area contributed by atoms with Crippen LogP contribution in [-0.4, -0.2) is 37.3 Å². The average molecular weight is 340 g/mol. The van der Waals surface area contributed by atoms with Crippen molar-refractivity contribution in [3.63, 3.8) is 0 Å². The smallest absolute Gasteiger partial charge is 0.289 e. The highest BCUT2D eigenvalue weighted by molar-refractivity contribution is 6.08. The molecule has 0 unspecified atom stereocenters. The third-order valence-corrected chi connectivity index (χ3v) is 3.59. The van der Waals surface area contributed by atoms with Crippen LogP contribution in [0.5, 0.6) is 17.2 Å². The summed E-state index contributed by atoms with van der Waals surface area (Å²) < 4.78 is 21.2. The number of ether oxygens (including phenoxy) is 3. The van der Waals surface area contributed by atoms with E-state index in [0.29, 0.717) is 17.2 Å². The molecule has 0 aliphatic heterocycles. The fourth-order valence-electron chi connectivity index (χ4n) is 2.33. The van der Waals surface area contributed by atoms with E-state index in [1.807, 2.05) is 30.3 Å². The van der Waals surface area contributed by atoms with Crippen molar-refractivity contribution in [1.29, 1.82) is 0 Å². The van der Waals surface area contributed by atoms with Gasteiger partial charge in [-0.05, 0) is 18.2 Å². The fourth-order valence-corrected chi connectivity index (χ4v) is 2.33. The molecule has 3 rings (SSSR count). The second-order valence-corrected chi connectivity index (χ2v) is 5.01. The molecule has 128 valence electrons. The second-order valence-electron chi connectivity index (χ2n) is 5.01. The molecule has 1 heterocycles. The molecule has 0 bridgehead atoms. The Morgan fingerprint density at radius 2 is 1.52 bits per heavy atom. The predicted molar refractivity (Wildman–Crippen MR) is 89.3 cm³/mol. The number of methoxy groups -OCH3 is 3. The van der Waals surface area contributed by atoms with Crippen molar-refractivity contribution in [3.8, 4) is 28.7 Å². The van der Waals surface area contributed by atoms with Gasteiger partial charge >= 0.3 is 0 Å². The Labute approximate surface area is 144 Å². The minimum Gasteiger partial charge on any atom is -0.496 e. The minimum absolute atomic E-state index is 0.135. The zero-order chi connectivity index (χ0) is 17.8. The van der Waals surface area contributed by atoms with Crippen molar-refractivity contribution in [2.45, 2.75) is 0 Å². The highest BCUT2D eigenvalue weighted by Crippen LogP contribution is 2.35. The maximum absolute atomic E-state index is 12.8. The molecule has 0 aliphatic rings. The van der Waals surface area contributed by atoms with E-state index < -0.39 is 5.78 Å². The number of nitrogens with zero attached hydrogens (tertiary/aromatic N) is 2. The lowest BCUT2D eigenvalue weighted by molar-refractivity contribution is 0.1000. The molecule has 25 heavy (non-hydrogen) atoms. The maximum atomic E-state index is 12.8. The Kier molecular flexibility index (Phi) is 4.65. The summed E-state index contributed by atoms with van der Waals surface area (Å²) in [7, 11) is 4.45. The minimum atomic E-state index is -0.465. The predicted octanol–water partition coefficient (Wildman–Crippen LogP) is 2.99. The first-order valence-corrected chi connectivity index (χ1v) is 7.41. The van der Waals surface area contributed by atoms with E-state index in [4.69, 9.17) is 18.6 Å². The van der Waals surface area contributed by atoms with Gasteiger partial charge < -0.3 is 18.6 Å². The van der Waals surface area contributed by atoms with Gasteiger partial charge in [-0.15, -0.1) is 10.2 Å². The van der Waals surface area contributed by atoms with Crippen molar-refractivity contribution in [1.82, 2.24) is 10.2 Å². The summed E-state index contributed by atoms with van der Waals surface area (Å²) in [5, 5.41) is 7.78. The molecule has 0 saturated heterocycles. The van der Waals surface area contributed by atoms with Crippen LogP contribution in [0.3, 0.4) is 0 Å². The first-order valence-electron chi connectivity index (χ1n) is 7.41. The van der Waals surface area contributed by atoms with E-state index in [0.717, 1.165) is 5.56 Å². The van der Waals surface area contributed by atoms with E-state index in [-0.39, 0.29) is 17.3 Å². The number of ketones is 1. The van der Waals surface area contributed by atoms with Crippen molar-refractivity contribution < 1.29 is 23.4 Å². The van der Waals surface area contributed by atoms with Gasteiger partial charge in [0, 0.05) is 11.6 Å². The highest BCUT2D eigenvalue weighted by atomic mass is 16.5. The van der Waals surface area contributed by atoms with Crippen molar-refractivity contribution >= 4 is 5.78 Å². The van der Waals surface area contributed by atoms with Gasteiger partial charge in [0.2, 0.25) is 5.89 Å². The van der Waals surface area contributed by atoms with Crippen LogP contribution in [0.1, 0.15) is 16.2 Å². The molecule has 0 fully saturated rings. The van der Waals surface area contributed by atoms with Gasteiger partial charge in [-0.25, -0.2) is 0 Å². The van der Waals surface area contributed by atoms with Gasteiger partial charge in [-0.1, -0.05) is 18.2 Å². The number of rotatable bonds is 6. The zero-order valence-electron chi connectivity index (χ0n) is 14.0. The normalized spacial score (nSPS) is 10.4. The number of aromatic nitrogens is 2. The molecule has 0 radical (unpaired) electrons. The van der Waals surface area contributed by atoms with Crippen LogP contribution in [0.4, 0.5) is 0 Å². The second kappa shape index (κ2) is 7.04. The summed E-state index contributed by atoms with van der Waals surface area (Å²) in [5.74, 6) is 0.836. The van der Waals surface area contributed by atoms with Crippen molar-refractivity contribution in [3.05, 3.63) is 53.9 Å². The molecule has 0 saturated carbocycles. The SMILES string of the molecule is COc1cc(OC)c(C(=O)c2nnc(-c3ccccc3)o2)cc1OC. The van der Waals surface area contributed by atoms with Gasteiger partial charge in [-0.2, -0.15) is 0 Å². The number of hydrogen-bond donors (Lipinski definition) is 0. The number of hydrogen-bond acceptors (Lipinski definition) is 7. The zero-order valence-corrected chi connectivity index (χ0v) is 14.0. The fraction of sp³-hybridized carbons (Fsp3) is 0.167. The number of benzene rings is 2. The van der Waals surface area contributed by atoms with Gasteiger partial charge in [-0.3, -0.25) is 4.79 Å². The van der Waals surface area contributed by atoms with Crippen molar-refractivity contribution in [2.75, 3.05) is 21.3 Å². The number of carbonyl (C=O) groups excluding carboxylic acids is 1. The summed E-state index contributed by atoms with van der Waals surface area (Å²) in [6, 6.07) is 12.3. The molecular weight excluding hydrogens is 324 g/mol. The third kappa shape index (κ3) is 3.16. The van der Waals surface area contributed by atoms with Crippen LogP contribution in [0.15, 0.2) is 46.9 Å². The Morgan fingerprint density at radius 1 is 0.880 bits per heavy atom. The summed E-state index contributed by atoms with van der Waals surface area (Å²) >= 11 is 0. The van der Waals surface area contributed by atoms with Gasteiger partial charge in [0.1, 0.15) is 5.75 Å². The lowest BCUT2D eigenvalue weighted by atomic mass is 10.1. The van der Waals surface area contributed by atoms with Gasteiger partial charge in [0.25, 0.3) is 11.7 Å². The number of carbonyl (C=O) groups is 1. The van der Waals surface area contributed by atoms with Gasteiger partial charge in [0.15, 0.2) is 11.5 Å². The van der Waals surface area contributed by atoms with E-state index in [2.05, 4.69) is 10.2 Å². The lowest BCUT2D eigenvalue weighted by Crippen LogP contribution is -2.06. The largest absolute Gasteiger partial charge is 0.496 e. The standard InChI is InChI=1S/C18H16N2O5/c1-22-13-10-15(24-3)14(23-2)9-12(13)16(21)18-20-19-17(25-18)11-7-5-4-6-8-11/h4-10H,1-3H3. The first-order chi connectivity index (χ1) is 12.2. The van der Waals surface area contributed by atoms with Crippen LogP contribution in [0, 0.1) is 0 Å². The molecular formula is C18H16N2O5. The Bertz CT molecular complexity index is 890. The van der Waals surface area contributed by atoms with Crippen LogP contribution in [0.25, 0.3) is 11.5 Å². The molecule has 0 amide bonds. The van der Waals surface area contributed by atoms with Crippen LogP contribution < -0.4 is 14.2 Å². The summed E-state index contributed by atoms with van der Waals surface area (Å²) in [6.45, 7) is 0. The lowest BCUT2D eigenvalue weighted by Gasteiger charge is -2.12. The monoisotopic (exact) mass is 340 g/mol. The molecule has 0 atom stereocenters. The molecule has 0 aliphatic carbocycles. The van der Waals surface area contributed by atoms with Crippen LogP contribution in [0.2, 0.25) is 0 Å². The van der Waals surface area contributed by atoms with Crippen LogP contribution in [-0.2, 0) is 0 Å². The van der Waals surface area contributed by atoms with Crippen molar-refractivity contribution in [2.24, 2.45) is 0 Å². The molecule has 1 aromatic heterocycles. The van der Waals surface area contributed by atoms with Crippen LogP contribution >= 0.6 is 0 Å². The summed E-state index contributed by atoms with van der Waals surface area (Å²) in [5.41, 5.74) is 0.969. The average Bonchev–Trinajstić information content (AvgIpc) is 3.17. The van der Waals surface area contributed by atoms with E-state index in [1.54, 1.807) is 6.07 Å². The Balaban J connectivity index is 2.00. The summed E-state index contributed by atoms with van der Waals surface area (Å²) in [6.07, 6.45) is 0. The van der Waals surface area contributed by atoms with Gasteiger partial charge in [0.05, 0.1) is 26.9 Å². The molecule has 7 nitrogen and oxygen atoms in total. The quantitative estimate of drug-likeness (QED) is 0.638. The molecule has 0 spiro atoms. The maximum Gasteiger partial charge on any atom is 0.289 e. The Morgan fingerprint density at radius 3 is 2.16 bits per heavy atom. The summed E-state index contributed by atoms with van der Waals surface area (Å²) in [4.78, 5) is 12.8. The molecule has 3 aromatic rings. The van der Waals surface area contributed by atoms with E-state index >= 15 is 0 Å². The highest BCUT2D eigenvalue weighted by Gasteiger charge is 2.24. The molecule has 2 aromatic carbocycles. The molecule has 7 heteroatoms. The van der Waals surface area contributed by atoms with E-state index in [9.17, 15) is 4.79 Å². The molecule has 0 N–H and O–H groups in total. The third-order valence-electron chi connectivity index (χ3n) is 3.59. The Hall–Kier alpha value is -3.35.